The number of aryl methyl sites for hydroxylation is 2. The van der Waals surface area contributed by atoms with E-state index >= 15 is 0 Å². The summed E-state index contributed by atoms with van der Waals surface area (Å²) < 4.78 is 0. The number of anilines is 1. The van der Waals surface area contributed by atoms with E-state index in [2.05, 4.69) is 34.8 Å². The van der Waals surface area contributed by atoms with Crippen LogP contribution in [-0.4, -0.2) is 30.1 Å². The van der Waals surface area contributed by atoms with Gasteiger partial charge in [-0.2, -0.15) is 0 Å². The van der Waals surface area contributed by atoms with Gasteiger partial charge in [-0.1, -0.05) is 13.8 Å². The highest BCUT2D eigenvalue weighted by Crippen LogP contribution is 2.12. The average Bonchev–Trinajstić information content (AvgIpc) is 2.27. The molecule has 0 aliphatic carbocycles. The van der Waals surface area contributed by atoms with E-state index in [1.807, 2.05) is 14.0 Å². The first-order valence-electron chi connectivity index (χ1n) is 5.82. The third kappa shape index (κ3) is 3.45. The minimum Gasteiger partial charge on any atom is -0.359 e. The summed E-state index contributed by atoms with van der Waals surface area (Å²) in [4.78, 5) is 11.0. The maximum atomic E-state index is 5.62. The highest BCUT2D eigenvalue weighted by atomic mass is 15.2. The lowest BCUT2D eigenvalue weighted by Crippen LogP contribution is -2.29. The van der Waals surface area contributed by atoms with Gasteiger partial charge in [-0.05, 0) is 25.8 Å². The van der Waals surface area contributed by atoms with Crippen molar-refractivity contribution in [3.63, 3.8) is 0 Å². The number of aromatic nitrogens is 2. The van der Waals surface area contributed by atoms with Gasteiger partial charge >= 0.3 is 0 Å². The van der Waals surface area contributed by atoms with Crippen LogP contribution in [0.2, 0.25) is 0 Å². The summed E-state index contributed by atoms with van der Waals surface area (Å²) in [6, 6.07) is 2.05. The largest absolute Gasteiger partial charge is 0.359 e. The van der Waals surface area contributed by atoms with Crippen molar-refractivity contribution in [1.82, 2.24) is 9.97 Å². The quantitative estimate of drug-likeness (QED) is 0.817. The molecule has 1 aromatic heterocycles. The van der Waals surface area contributed by atoms with E-state index in [0.29, 0.717) is 12.5 Å². The molecule has 0 aliphatic heterocycles. The summed E-state index contributed by atoms with van der Waals surface area (Å²) >= 11 is 0. The van der Waals surface area contributed by atoms with Crippen molar-refractivity contribution in [2.24, 2.45) is 11.7 Å². The van der Waals surface area contributed by atoms with Gasteiger partial charge in [0.05, 0.1) is 0 Å². The molecule has 0 aromatic carbocycles. The fourth-order valence-corrected chi connectivity index (χ4v) is 1.62. The van der Waals surface area contributed by atoms with Crippen LogP contribution in [0.3, 0.4) is 0 Å². The van der Waals surface area contributed by atoms with E-state index in [4.69, 9.17) is 5.73 Å². The fraction of sp³-hybridized carbons (Fsp3) is 0.667. The zero-order valence-electron chi connectivity index (χ0n) is 10.7. The Bertz CT molecular complexity index is 338. The van der Waals surface area contributed by atoms with E-state index < -0.39 is 0 Å². The standard InChI is InChI=1S/C12H22N4/c1-5-11-6-12(15-10(3)14-11)16(4)8-9(2)7-13/h6,9H,5,7-8,13H2,1-4H3. The molecule has 0 fully saturated rings. The first-order chi connectivity index (χ1) is 7.56. The third-order valence-corrected chi connectivity index (χ3v) is 2.62. The van der Waals surface area contributed by atoms with Gasteiger partial charge in [0.25, 0.3) is 0 Å². The SMILES string of the molecule is CCc1cc(N(C)CC(C)CN)nc(C)n1. The smallest absolute Gasteiger partial charge is 0.132 e. The van der Waals surface area contributed by atoms with Crippen molar-refractivity contribution < 1.29 is 0 Å². The van der Waals surface area contributed by atoms with Crippen LogP contribution in [0.4, 0.5) is 5.82 Å². The number of nitrogens with zero attached hydrogens (tertiary/aromatic N) is 3. The van der Waals surface area contributed by atoms with Crippen LogP contribution in [0, 0.1) is 12.8 Å². The number of rotatable bonds is 5. The van der Waals surface area contributed by atoms with E-state index in [1.165, 1.54) is 0 Å². The van der Waals surface area contributed by atoms with Crippen molar-refractivity contribution in [3.8, 4) is 0 Å². The van der Waals surface area contributed by atoms with Crippen LogP contribution in [0.25, 0.3) is 0 Å². The zero-order valence-corrected chi connectivity index (χ0v) is 10.7. The minimum absolute atomic E-state index is 0.477. The van der Waals surface area contributed by atoms with Gasteiger partial charge in [-0.3, -0.25) is 0 Å². The molecule has 90 valence electrons. The predicted molar refractivity (Wildman–Crippen MR) is 67.6 cm³/mol. The summed E-state index contributed by atoms with van der Waals surface area (Å²) in [5.74, 6) is 2.30. The second-order valence-electron chi connectivity index (χ2n) is 4.34. The van der Waals surface area contributed by atoms with E-state index in [9.17, 15) is 0 Å². The Morgan fingerprint density at radius 1 is 1.44 bits per heavy atom. The molecule has 0 saturated carbocycles. The van der Waals surface area contributed by atoms with Gasteiger partial charge in [-0.15, -0.1) is 0 Å². The summed E-state index contributed by atoms with van der Waals surface area (Å²) in [6.45, 7) is 7.81. The van der Waals surface area contributed by atoms with Crippen LogP contribution in [0.5, 0.6) is 0 Å². The molecule has 4 nitrogen and oxygen atoms in total. The van der Waals surface area contributed by atoms with Gasteiger partial charge in [-0.25, -0.2) is 9.97 Å². The van der Waals surface area contributed by atoms with E-state index in [0.717, 1.165) is 30.3 Å². The van der Waals surface area contributed by atoms with Crippen LogP contribution >= 0.6 is 0 Å². The molecule has 0 saturated heterocycles. The molecule has 0 aliphatic rings. The maximum Gasteiger partial charge on any atom is 0.132 e. The lowest BCUT2D eigenvalue weighted by Gasteiger charge is -2.22. The third-order valence-electron chi connectivity index (χ3n) is 2.62. The Labute approximate surface area is 97.9 Å². The summed E-state index contributed by atoms with van der Waals surface area (Å²) in [7, 11) is 2.05. The predicted octanol–water partition coefficient (Wildman–Crippen LogP) is 1.38. The molecule has 16 heavy (non-hydrogen) atoms. The lowest BCUT2D eigenvalue weighted by molar-refractivity contribution is 0.586. The summed E-state index contributed by atoms with van der Waals surface area (Å²) in [6.07, 6.45) is 0.941. The van der Waals surface area contributed by atoms with E-state index in [1.54, 1.807) is 0 Å². The molecule has 0 spiro atoms. The molecule has 0 radical (unpaired) electrons. The Balaban J connectivity index is 2.82. The maximum absolute atomic E-state index is 5.62. The van der Waals surface area contributed by atoms with Gasteiger partial charge in [0.15, 0.2) is 0 Å². The molecule has 1 rings (SSSR count). The van der Waals surface area contributed by atoms with Crippen molar-refractivity contribution >= 4 is 5.82 Å². The molecule has 0 amide bonds. The molecule has 1 unspecified atom stereocenters. The van der Waals surface area contributed by atoms with Crippen LogP contribution in [0.15, 0.2) is 6.07 Å². The van der Waals surface area contributed by atoms with Crippen molar-refractivity contribution in [3.05, 3.63) is 17.6 Å². The Morgan fingerprint density at radius 2 is 2.12 bits per heavy atom. The molecule has 1 heterocycles. The Hall–Kier alpha value is -1.16. The van der Waals surface area contributed by atoms with Crippen LogP contribution in [0.1, 0.15) is 25.4 Å². The van der Waals surface area contributed by atoms with Gasteiger partial charge in [0.2, 0.25) is 0 Å². The Kier molecular flexibility index (Phi) is 4.68. The van der Waals surface area contributed by atoms with Crippen molar-refractivity contribution in [2.45, 2.75) is 27.2 Å². The van der Waals surface area contributed by atoms with Gasteiger partial charge in [0.1, 0.15) is 11.6 Å². The highest BCUT2D eigenvalue weighted by molar-refractivity contribution is 5.38. The highest BCUT2D eigenvalue weighted by Gasteiger charge is 2.08. The summed E-state index contributed by atoms with van der Waals surface area (Å²) in [5.41, 5.74) is 6.72. The lowest BCUT2D eigenvalue weighted by atomic mass is 10.2. The first-order valence-corrected chi connectivity index (χ1v) is 5.82. The zero-order chi connectivity index (χ0) is 12.1. The fourth-order valence-electron chi connectivity index (χ4n) is 1.62. The second kappa shape index (κ2) is 5.80. The van der Waals surface area contributed by atoms with Gasteiger partial charge in [0, 0.05) is 25.4 Å². The van der Waals surface area contributed by atoms with Crippen LogP contribution < -0.4 is 10.6 Å². The molecular weight excluding hydrogens is 200 g/mol. The topological polar surface area (TPSA) is 55.0 Å². The number of hydrogen-bond donors (Lipinski definition) is 1. The van der Waals surface area contributed by atoms with Crippen molar-refractivity contribution in [2.75, 3.05) is 25.0 Å². The molecule has 0 bridgehead atoms. The average molecular weight is 222 g/mol. The van der Waals surface area contributed by atoms with Crippen molar-refractivity contribution in [1.29, 1.82) is 0 Å². The Morgan fingerprint density at radius 3 is 2.69 bits per heavy atom. The normalized spacial score (nSPS) is 12.6. The molecule has 2 N–H and O–H groups in total. The first kappa shape index (κ1) is 12.9. The molecule has 1 atom stereocenters. The molecule has 4 heteroatoms. The molecular formula is C12H22N4. The molecule has 1 aromatic rings. The van der Waals surface area contributed by atoms with Crippen LogP contribution in [-0.2, 0) is 6.42 Å². The van der Waals surface area contributed by atoms with E-state index in [-0.39, 0.29) is 0 Å². The monoisotopic (exact) mass is 222 g/mol. The van der Waals surface area contributed by atoms with Gasteiger partial charge < -0.3 is 10.6 Å². The second-order valence-corrected chi connectivity index (χ2v) is 4.34. The number of hydrogen-bond acceptors (Lipinski definition) is 4. The summed E-state index contributed by atoms with van der Waals surface area (Å²) in [5, 5.41) is 0. The minimum atomic E-state index is 0.477. The number of nitrogens with two attached hydrogens (primary N) is 1.